The first kappa shape index (κ1) is 20.9. The predicted octanol–water partition coefficient (Wildman–Crippen LogP) is 4.85. The number of ether oxygens (including phenoxy) is 1. The Kier molecular flexibility index (Phi) is 5.91. The summed E-state index contributed by atoms with van der Waals surface area (Å²) in [5, 5.41) is 0. The maximum atomic E-state index is 14.0. The van der Waals surface area contributed by atoms with Crippen molar-refractivity contribution in [2.75, 3.05) is 27.2 Å². The van der Waals surface area contributed by atoms with Crippen LogP contribution in [-0.4, -0.2) is 42.9 Å². The molecule has 4 nitrogen and oxygen atoms in total. The molecule has 1 heterocycles. The van der Waals surface area contributed by atoms with Gasteiger partial charge in [-0.25, -0.2) is 8.78 Å². The Morgan fingerprint density at radius 3 is 2.39 bits per heavy atom. The predicted molar refractivity (Wildman–Crippen MR) is 116 cm³/mol. The number of carbonyl (C=O) groups excluding carboxylic acids is 1. The van der Waals surface area contributed by atoms with Gasteiger partial charge < -0.3 is 9.64 Å². The smallest absolute Gasteiger partial charge is 0.195 e. The number of halogens is 2. The molecular weight excluding hydrogens is 398 g/mol. The third-order valence-corrected chi connectivity index (χ3v) is 5.10. The van der Waals surface area contributed by atoms with E-state index in [4.69, 9.17) is 4.74 Å². The molecule has 0 fully saturated rings. The van der Waals surface area contributed by atoms with Crippen molar-refractivity contribution in [3.8, 4) is 5.75 Å². The molecule has 2 aromatic carbocycles. The fourth-order valence-electron chi connectivity index (χ4n) is 3.76. The number of pyridine rings is 1. The lowest BCUT2D eigenvalue weighted by Gasteiger charge is -2.12. The molecule has 1 aliphatic rings. The normalized spacial score (nSPS) is 13.1. The molecule has 0 bridgehead atoms. The van der Waals surface area contributed by atoms with Crippen molar-refractivity contribution in [3.05, 3.63) is 94.8 Å². The highest BCUT2D eigenvalue weighted by Gasteiger charge is 2.32. The molecule has 0 saturated carbocycles. The summed E-state index contributed by atoms with van der Waals surface area (Å²) in [6.45, 7) is 1.42. The number of benzene rings is 2. The zero-order chi connectivity index (χ0) is 22.0. The second kappa shape index (κ2) is 8.78. The Bertz CT molecular complexity index is 1140. The third kappa shape index (κ3) is 4.39. The molecule has 0 unspecified atom stereocenters. The van der Waals surface area contributed by atoms with Gasteiger partial charge in [0.1, 0.15) is 17.4 Å². The number of nitrogens with zero attached hydrogens (tertiary/aromatic N) is 2. The molecule has 1 aromatic heterocycles. The van der Waals surface area contributed by atoms with Gasteiger partial charge in [0.25, 0.3) is 0 Å². The average molecular weight is 420 g/mol. The van der Waals surface area contributed by atoms with Crippen molar-refractivity contribution in [1.82, 2.24) is 9.88 Å². The second-order valence-electron chi connectivity index (χ2n) is 7.69. The summed E-state index contributed by atoms with van der Waals surface area (Å²) in [6, 6.07) is 12.0. The standard InChI is InChI=1S/C25H22F2N2O2/c1-29(2)9-4-10-31-20-6-7-21-22(14-20)25(30)24(16-5-3-8-28-15-16)23(21)17-11-18(26)13-19(27)12-17/h3,5-8,11-15H,4,9-10H2,1-2H3. The van der Waals surface area contributed by atoms with Crippen molar-refractivity contribution in [2.24, 2.45) is 0 Å². The first-order valence-electron chi connectivity index (χ1n) is 10.0. The van der Waals surface area contributed by atoms with E-state index in [0.717, 1.165) is 19.0 Å². The lowest BCUT2D eigenvalue weighted by Crippen LogP contribution is -2.15. The van der Waals surface area contributed by atoms with Crippen LogP contribution < -0.4 is 4.74 Å². The summed E-state index contributed by atoms with van der Waals surface area (Å²) in [7, 11) is 3.99. The topological polar surface area (TPSA) is 42.4 Å². The van der Waals surface area contributed by atoms with Gasteiger partial charge in [0, 0.05) is 47.3 Å². The van der Waals surface area contributed by atoms with E-state index in [0.29, 0.717) is 45.8 Å². The Morgan fingerprint density at radius 2 is 1.71 bits per heavy atom. The Hall–Kier alpha value is -3.38. The minimum Gasteiger partial charge on any atom is -0.494 e. The molecule has 31 heavy (non-hydrogen) atoms. The summed E-state index contributed by atoms with van der Waals surface area (Å²) in [5.41, 5.74) is 2.83. The second-order valence-corrected chi connectivity index (χ2v) is 7.69. The number of fused-ring (bicyclic) bond motifs is 1. The van der Waals surface area contributed by atoms with Gasteiger partial charge in [0.2, 0.25) is 0 Å². The summed E-state index contributed by atoms with van der Waals surface area (Å²) in [5.74, 6) is -1.03. The summed E-state index contributed by atoms with van der Waals surface area (Å²) >= 11 is 0. The van der Waals surface area contributed by atoms with Gasteiger partial charge in [0.05, 0.1) is 6.61 Å². The number of Topliss-reactive ketones (excluding diaryl/α,β-unsaturated/α-hetero) is 1. The van der Waals surface area contributed by atoms with Crippen molar-refractivity contribution >= 4 is 16.9 Å². The molecule has 0 radical (unpaired) electrons. The van der Waals surface area contributed by atoms with E-state index < -0.39 is 11.6 Å². The maximum absolute atomic E-state index is 14.0. The van der Waals surface area contributed by atoms with E-state index in [1.807, 2.05) is 14.1 Å². The highest BCUT2D eigenvalue weighted by atomic mass is 19.1. The van der Waals surface area contributed by atoms with E-state index in [1.165, 1.54) is 12.1 Å². The van der Waals surface area contributed by atoms with E-state index in [-0.39, 0.29) is 5.78 Å². The minimum absolute atomic E-state index is 0.221. The van der Waals surface area contributed by atoms with Crippen LogP contribution >= 0.6 is 0 Å². The highest BCUT2D eigenvalue weighted by Crippen LogP contribution is 2.43. The average Bonchev–Trinajstić information content (AvgIpc) is 3.03. The molecule has 0 saturated heterocycles. The molecule has 158 valence electrons. The number of hydrogen-bond acceptors (Lipinski definition) is 4. The number of hydrogen-bond donors (Lipinski definition) is 0. The molecule has 0 N–H and O–H groups in total. The number of aromatic nitrogens is 1. The lowest BCUT2D eigenvalue weighted by molar-refractivity contribution is 0.105. The van der Waals surface area contributed by atoms with Crippen LogP contribution in [0.5, 0.6) is 5.75 Å². The van der Waals surface area contributed by atoms with Crippen molar-refractivity contribution < 1.29 is 18.3 Å². The molecule has 1 aliphatic carbocycles. The van der Waals surface area contributed by atoms with Crippen LogP contribution in [0, 0.1) is 11.6 Å². The zero-order valence-corrected chi connectivity index (χ0v) is 17.4. The molecule has 0 atom stereocenters. The Balaban J connectivity index is 1.76. The van der Waals surface area contributed by atoms with Crippen molar-refractivity contribution in [3.63, 3.8) is 0 Å². The quantitative estimate of drug-likeness (QED) is 0.513. The highest BCUT2D eigenvalue weighted by molar-refractivity contribution is 6.41. The summed E-state index contributed by atoms with van der Waals surface area (Å²) in [6.07, 6.45) is 4.04. The molecule has 3 aromatic rings. The van der Waals surface area contributed by atoms with Gasteiger partial charge >= 0.3 is 0 Å². The maximum Gasteiger partial charge on any atom is 0.195 e. The lowest BCUT2D eigenvalue weighted by atomic mass is 9.95. The Labute approximate surface area is 179 Å². The molecule has 0 amide bonds. The van der Waals surface area contributed by atoms with Crippen LogP contribution in [0.3, 0.4) is 0 Å². The SMILES string of the molecule is CN(C)CCCOc1ccc2c(c1)C(=O)C(c1cccnc1)=C2c1cc(F)cc(F)c1. The number of rotatable bonds is 7. The van der Waals surface area contributed by atoms with E-state index in [2.05, 4.69) is 9.88 Å². The fourth-order valence-corrected chi connectivity index (χ4v) is 3.76. The molecular formula is C25H22F2N2O2. The van der Waals surface area contributed by atoms with Gasteiger partial charge in [-0.15, -0.1) is 0 Å². The largest absolute Gasteiger partial charge is 0.494 e. The van der Waals surface area contributed by atoms with Gasteiger partial charge in [-0.05, 0) is 68.0 Å². The van der Waals surface area contributed by atoms with Crippen LogP contribution in [0.15, 0.2) is 60.9 Å². The molecule has 0 aliphatic heterocycles. The summed E-state index contributed by atoms with van der Waals surface area (Å²) in [4.78, 5) is 19.6. The van der Waals surface area contributed by atoms with Crippen LogP contribution in [0.25, 0.3) is 11.1 Å². The monoisotopic (exact) mass is 420 g/mol. The summed E-state index contributed by atoms with van der Waals surface area (Å²) < 4.78 is 33.8. The van der Waals surface area contributed by atoms with Gasteiger partial charge in [-0.1, -0.05) is 6.07 Å². The van der Waals surface area contributed by atoms with Crippen LogP contribution in [0.1, 0.15) is 33.5 Å². The number of ketones is 1. The van der Waals surface area contributed by atoms with Crippen LogP contribution in [0.4, 0.5) is 8.78 Å². The number of carbonyl (C=O) groups is 1. The Morgan fingerprint density at radius 1 is 0.935 bits per heavy atom. The van der Waals surface area contributed by atoms with Crippen molar-refractivity contribution in [2.45, 2.75) is 6.42 Å². The minimum atomic E-state index is -0.699. The van der Waals surface area contributed by atoms with Gasteiger partial charge in [-0.3, -0.25) is 9.78 Å². The first-order chi connectivity index (χ1) is 14.9. The molecule has 0 spiro atoms. The molecule has 4 rings (SSSR count). The van der Waals surface area contributed by atoms with Crippen LogP contribution in [-0.2, 0) is 0 Å². The van der Waals surface area contributed by atoms with Crippen LogP contribution in [0.2, 0.25) is 0 Å². The zero-order valence-electron chi connectivity index (χ0n) is 17.4. The molecule has 6 heteroatoms. The first-order valence-corrected chi connectivity index (χ1v) is 10.0. The number of allylic oxidation sites excluding steroid dienone is 1. The third-order valence-electron chi connectivity index (χ3n) is 5.10. The van der Waals surface area contributed by atoms with E-state index in [1.54, 1.807) is 42.7 Å². The van der Waals surface area contributed by atoms with Gasteiger partial charge in [0.15, 0.2) is 5.78 Å². The van der Waals surface area contributed by atoms with Crippen molar-refractivity contribution in [1.29, 1.82) is 0 Å². The van der Waals surface area contributed by atoms with Gasteiger partial charge in [-0.2, -0.15) is 0 Å². The van der Waals surface area contributed by atoms with E-state index >= 15 is 0 Å². The van der Waals surface area contributed by atoms with E-state index in [9.17, 15) is 13.6 Å². The fraction of sp³-hybridized carbons (Fsp3) is 0.200.